The summed E-state index contributed by atoms with van der Waals surface area (Å²) in [6, 6.07) is 4.53. The van der Waals surface area contributed by atoms with E-state index >= 15 is 0 Å². The van der Waals surface area contributed by atoms with Crippen LogP contribution in [0.5, 0.6) is 0 Å². The second kappa shape index (κ2) is 7.05. The minimum Gasteiger partial charge on any atom is -0.383 e. The number of fused-ring (bicyclic) bond motifs is 3. The molecule has 0 amide bonds. The van der Waals surface area contributed by atoms with Gasteiger partial charge in [0.15, 0.2) is 11.3 Å². The summed E-state index contributed by atoms with van der Waals surface area (Å²) in [7, 11) is 1.56. The summed E-state index contributed by atoms with van der Waals surface area (Å²) in [5.74, 6) is -0.0168. The summed E-state index contributed by atoms with van der Waals surface area (Å²) in [6.07, 6.45) is 5.46. The van der Waals surface area contributed by atoms with Crippen molar-refractivity contribution in [2.75, 3.05) is 20.3 Å². The molecule has 0 aliphatic carbocycles. The molecule has 1 aromatic carbocycles. The number of halogens is 1. The number of benzene rings is 1. The highest BCUT2D eigenvalue weighted by molar-refractivity contribution is 5.81. The van der Waals surface area contributed by atoms with Crippen LogP contribution in [0.25, 0.3) is 22.4 Å². The van der Waals surface area contributed by atoms with Gasteiger partial charge in [0.05, 0.1) is 29.9 Å². The van der Waals surface area contributed by atoms with Gasteiger partial charge in [-0.1, -0.05) is 5.21 Å². The third-order valence-corrected chi connectivity index (χ3v) is 5.35. The van der Waals surface area contributed by atoms with Crippen LogP contribution in [-0.2, 0) is 11.3 Å². The van der Waals surface area contributed by atoms with Crippen LogP contribution in [0.3, 0.4) is 0 Å². The van der Waals surface area contributed by atoms with Gasteiger partial charge in [0.1, 0.15) is 17.8 Å². The van der Waals surface area contributed by atoms with Crippen LogP contribution in [-0.4, -0.2) is 49.2 Å². The second-order valence-corrected chi connectivity index (χ2v) is 7.11. The largest absolute Gasteiger partial charge is 0.383 e. The van der Waals surface area contributed by atoms with Crippen molar-refractivity contribution in [3.05, 3.63) is 52.6 Å². The van der Waals surface area contributed by atoms with Gasteiger partial charge in [0.25, 0.3) is 5.56 Å². The maximum atomic E-state index is 13.9. The number of aromatic nitrogens is 6. The summed E-state index contributed by atoms with van der Waals surface area (Å²) in [4.78, 5) is 17.8. The Morgan fingerprint density at radius 2 is 2.24 bits per heavy atom. The van der Waals surface area contributed by atoms with Crippen molar-refractivity contribution in [1.29, 1.82) is 0 Å². The lowest BCUT2D eigenvalue weighted by molar-refractivity contribution is 0.187. The highest BCUT2D eigenvalue weighted by Crippen LogP contribution is 2.23. The summed E-state index contributed by atoms with van der Waals surface area (Å²) >= 11 is 0. The number of nitrogens with one attached hydrogen (secondary N) is 1. The quantitative estimate of drug-likeness (QED) is 0.548. The predicted molar refractivity (Wildman–Crippen MR) is 104 cm³/mol. The van der Waals surface area contributed by atoms with E-state index in [1.165, 1.54) is 21.4 Å². The van der Waals surface area contributed by atoms with Crippen LogP contribution in [0.15, 0.2) is 35.5 Å². The molecule has 0 saturated carbocycles. The van der Waals surface area contributed by atoms with Crippen molar-refractivity contribution >= 4 is 16.6 Å². The molecule has 1 unspecified atom stereocenters. The average molecular weight is 397 g/mol. The molecule has 4 heterocycles. The standard InChI is InChI=1S/C19H20FN7O2/c1-29-8-7-25-16-9-12(20)4-5-15(16)26-11-22-18(17(26)19(25)28)27-10-14(23-24-27)13-3-2-6-21-13/h4-5,9-11,13,21H,2-3,6-8H2,1H3. The van der Waals surface area contributed by atoms with Crippen molar-refractivity contribution in [3.63, 3.8) is 0 Å². The SMILES string of the molecule is COCCn1c(=O)c2c(-n3cc(C4CCCN4)nn3)ncn2c2ccc(F)cc21. The molecule has 1 aliphatic heterocycles. The van der Waals surface area contributed by atoms with E-state index in [2.05, 4.69) is 20.6 Å². The maximum absolute atomic E-state index is 13.9. The number of ether oxygens (including phenoxy) is 1. The molecular weight excluding hydrogens is 377 g/mol. The van der Waals surface area contributed by atoms with E-state index in [1.807, 2.05) is 0 Å². The third-order valence-electron chi connectivity index (χ3n) is 5.35. The van der Waals surface area contributed by atoms with Crippen LogP contribution in [0.4, 0.5) is 4.39 Å². The van der Waals surface area contributed by atoms with Crippen LogP contribution in [0.1, 0.15) is 24.6 Å². The Kier molecular flexibility index (Phi) is 4.36. The lowest BCUT2D eigenvalue weighted by atomic mass is 10.2. The number of methoxy groups -OCH3 is 1. The van der Waals surface area contributed by atoms with Crippen LogP contribution in [0, 0.1) is 5.82 Å². The molecule has 1 fully saturated rings. The number of nitrogens with zero attached hydrogens (tertiary/aromatic N) is 6. The fraction of sp³-hybridized carbons (Fsp3) is 0.368. The summed E-state index contributed by atoms with van der Waals surface area (Å²) < 4.78 is 23.7. The Balaban J connectivity index is 1.72. The monoisotopic (exact) mass is 397 g/mol. The molecule has 0 spiro atoms. The van der Waals surface area contributed by atoms with E-state index in [9.17, 15) is 9.18 Å². The Bertz CT molecular complexity index is 1250. The lowest BCUT2D eigenvalue weighted by Crippen LogP contribution is -2.25. The van der Waals surface area contributed by atoms with Gasteiger partial charge >= 0.3 is 0 Å². The molecule has 4 aromatic rings. The topological polar surface area (TPSA) is 91.3 Å². The molecular formula is C19H20FN7O2. The minimum atomic E-state index is -0.410. The van der Waals surface area contributed by atoms with Gasteiger partial charge in [-0.2, -0.15) is 4.68 Å². The van der Waals surface area contributed by atoms with Crippen LogP contribution < -0.4 is 10.9 Å². The Morgan fingerprint density at radius 1 is 1.34 bits per heavy atom. The molecule has 0 radical (unpaired) electrons. The van der Waals surface area contributed by atoms with Crippen LogP contribution >= 0.6 is 0 Å². The molecule has 3 aromatic heterocycles. The average Bonchev–Trinajstić information content (AvgIpc) is 3.46. The van der Waals surface area contributed by atoms with Crippen molar-refractivity contribution in [3.8, 4) is 5.82 Å². The Morgan fingerprint density at radius 3 is 3.03 bits per heavy atom. The molecule has 1 saturated heterocycles. The third kappa shape index (κ3) is 2.91. The molecule has 5 rings (SSSR count). The van der Waals surface area contributed by atoms with Gasteiger partial charge in [0, 0.05) is 13.7 Å². The van der Waals surface area contributed by atoms with E-state index in [4.69, 9.17) is 4.74 Å². The van der Waals surface area contributed by atoms with Gasteiger partial charge < -0.3 is 14.6 Å². The zero-order chi connectivity index (χ0) is 20.0. The highest BCUT2D eigenvalue weighted by atomic mass is 19.1. The molecule has 29 heavy (non-hydrogen) atoms. The Hall–Kier alpha value is -3.11. The molecule has 1 atom stereocenters. The smallest absolute Gasteiger partial charge is 0.279 e. The Labute approximate surface area is 164 Å². The zero-order valence-corrected chi connectivity index (χ0v) is 15.9. The molecule has 10 heteroatoms. The van der Waals surface area contributed by atoms with E-state index in [-0.39, 0.29) is 11.6 Å². The van der Waals surface area contributed by atoms with Crippen LogP contribution in [0.2, 0.25) is 0 Å². The number of imidazole rings is 1. The second-order valence-electron chi connectivity index (χ2n) is 7.11. The molecule has 150 valence electrons. The first-order valence-electron chi connectivity index (χ1n) is 9.51. The highest BCUT2D eigenvalue weighted by Gasteiger charge is 2.22. The summed E-state index contributed by atoms with van der Waals surface area (Å²) in [5, 5.41) is 11.8. The van der Waals surface area contributed by atoms with Crippen molar-refractivity contribution in [2.24, 2.45) is 0 Å². The van der Waals surface area contributed by atoms with E-state index in [0.29, 0.717) is 35.5 Å². The first-order valence-corrected chi connectivity index (χ1v) is 9.51. The normalized spacial score (nSPS) is 17.0. The minimum absolute atomic E-state index is 0.166. The fourth-order valence-corrected chi connectivity index (χ4v) is 3.92. The molecule has 1 aliphatic rings. The van der Waals surface area contributed by atoms with Gasteiger partial charge in [-0.25, -0.2) is 9.37 Å². The van der Waals surface area contributed by atoms with E-state index < -0.39 is 5.82 Å². The number of hydrogen-bond donors (Lipinski definition) is 1. The molecule has 0 bridgehead atoms. The van der Waals surface area contributed by atoms with E-state index in [0.717, 1.165) is 25.1 Å². The van der Waals surface area contributed by atoms with Crippen molar-refractivity contribution in [2.45, 2.75) is 25.4 Å². The molecule has 9 nitrogen and oxygen atoms in total. The first-order chi connectivity index (χ1) is 14.2. The first kappa shape index (κ1) is 18.0. The summed E-state index contributed by atoms with van der Waals surface area (Å²) in [6.45, 7) is 1.58. The summed E-state index contributed by atoms with van der Waals surface area (Å²) in [5.41, 5.74) is 2.05. The van der Waals surface area contributed by atoms with E-state index in [1.54, 1.807) is 30.1 Å². The lowest BCUT2D eigenvalue weighted by Gasteiger charge is -2.12. The fourth-order valence-electron chi connectivity index (χ4n) is 3.92. The van der Waals surface area contributed by atoms with Gasteiger partial charge in [-0.15, -0.1) is 5.10 Å². The zero-order valence-electron chi connectivity index (χ0n) is 15.9. The number of hydrogen-bond acceptors (Lipinski definition) is 6. The van der Waals surface area contributed by atoms with Gasteiger partial charge in [-0.3, -0.25) is 9.20 Å². The predicted octanol–water partition coefficient (Wildman–Crippen LogP) is 1.44. The van der Waals surface area contributed by atoms with Crippen molar-refractivity contribution < 1.29 is 9.13 Å². The molecule has 1 N–H and O–H groups in total. The van der Waals surface area contributed by atoms with Crippen molar-refractivity contribution in [1.82, 2.24) is 34.3 Å². The van der Waals surface area contributed by atoms with Gasteiger partial charge in [-0.05, 0) is 37.6 Å². The number of rotatable bonds is 5. The van der Waals surface area contributed by atoms with Gasteiger partial charge in [0.2, 0.25) is 0 Å². The maximum Gasteiger partial charge on any atom is 0.279 e.